The highest BCUT2D eigenvalue weighted by atomic mass is 32.2. The highest BCUT2D eigenvalue weighted by molar-refractivity contribution is 7.98. The molecule has 1 heterocycles. The molecule has 0 saturated carbocycles. The Bertz CT molecular complexity index is 336. The predicted octanol–water partition coefficient (Wildman–Crippen LogP) is 2.99. The highest BCUT2D eigenvalue weighted by Crippen LogP contribution is 2.14. The van der Waals surface area contributed by atoms with Crippen LogP contribution in [-0.4, -0.2) is 42.9 Å². The maximum absolute atomic E-state index is 3.48. The van der Waals surface area contributed by atoms with Crippen LogP contribution in [0.2, 0.25) is 0 Å². The molecule has 1 aliphatic heterocycles. The van der Waals surface area contributed by atoms with Crippen LogP contribution in [-0.2, 0) is 5.75 Å². The van der Waals surface area contributed by atoms with Crippen molar-refractivity contribution in [2.75, 3.05) is 31.9 Å². The molecule has 1 aromatic rings. The van der Waals surface area contributed by atoms with Gasteiger partial charge in [0.05, 0.1) is 0 Å². The molecule has 1 N–H and O–H groups in total. The van der Waals surface area contributed by atoms with E-state index in [2.05, 4.69) is 59.2 Å². The van der Waals surface area contributed by atoms with Crippen LogP contribution < -0.4 is 5.32 Å². The van der Waals surface area contributed by atoms with E-state index in [0.717, 1.165) is 11.8 Å². The van der Waals surface area contributed by atoms with Crippen LogP contribution >= 0.6 is 11.8 Å². The second-order valence-corrected chi connectivity index (χ2v) is 6.33. The lowest BCUT2D eigenvalue weighted by molar-refractivity contribution is 0.221. The quantitative estimate of drug-likeness (QED) is 0.736. The molecule has 1 unspecified atom stereocenters. The summed E-state index contributed by atoms with van der Waals surface area (Å²) < 4.78 is 0. The van der Waals surface area contributed by atoms with E-state index < -0.39 is 0 Å². The van der Waals surface area contributed by atoms with E-state index in [1.165, 1.54) is 50.3 Å². The second kappa shape index (κ2) is 8.62. The minimum atomic E-state index is 0.775. The molecule has 106 valence electrons. The molecule has 1 atom stereocenters. The van der Waals surface area contributed by atoms with Crippen molar-refractivity contribution in [1.82, 2.24) is 10.2 Å². The third kappa shape index (κ3) is 5.17. The van der Waals surface area contributed by atoms with Crippen molar-refractivity contribution < 1.29 is 0 Å². The SMILES string of the molecule is CCCN(CCSCc1ccccc1)C1CCNC1. The van der Waals surface area contributed by atoms with E-state index in [0.29, 0.717) is 0 Å². The highest BCUT2D eigenvalue weighted by Gasteiger charge is 2.20. The molecule has 19 heavy (non-hydrogen) atoms. The van der Waals surface area contributed by atoms with Crippen molar-refractivity contribution in [3.8, 4) is 0 Å². The first-order valence-electron chi connectivity index (χ1n) is 7.46. The van der Waals surface area contributed by atoms with Crippen LogP contribution in [0.1, 0.15) is 25.3 Å². The van der Waals surface area contributed by atoms with Crippen LogP contribution in [0.15, 0.2) is 30.3 Å². The van der Waals surface area contributed by atoms with Crippen LogP contribution in [0.25, 0.3) is 0 Å². The van der Waals surface area contributed by atoms with Gasteiger partial charge < -0.3 is 5.32 Å². The summed E-state index contributed by atoms with van der Waals surface area (Å²) in [6, 6.07) is 11.6. The van der Waals surface area contributed by atoms with E-state index in [9.17, 15) is 0 Å². The van der Waals surface area contributed by atoms with Crippen molar-refractivity contribution in [3.63, 3.8) is 0 Å². The van der Waals surface area contributed by atoms with Crippen molar-refractivity contribution in [3.05, 3.63) is 35.9 Å². The Kier molecular flexibility index (Phi) is 6.75. The standard InChI is InChI=1S/C16H26N2S/c1-2-10-18(16-8-9-17-13-16)11-12-19-14-15-6-4-3-5-7-15/h3-7,16-17H,2,8-14H2,1H3. The molecule has 1 fully saturated rings. The lowest BCUT2D eigenvalue weighted by Gasteiger charge is -2.27. The Morgan fingerprint density at radius 2 is 2.11 bits per heavy atom. The average Bonchev–Trinajstić information content (AvgIpc) is 2.97. The Morgan fingerprint density at radius 3 is 2.79 bits per heavy atom. The summed E-state index contributed by atoms with van der Waals surface area (Å²) in [6.45, 7) is 7.15. The predicted molar refractivity (Wildman–Crippen MR) is 85.7 cm³/mol. The number of benzene rings is 1. The van der Waals surface area contributed by atoms with Gasteiger partial charge in [-0.2, -0.15) is 11.8 Å². The lowest BCUT2D eigenvalue weighted by atomic mass is 10.2. The van der Waals surface area contributed by atoms with Crippen molar-refractivity contribution in [1.29, 1.82) is 0 Å². The van der Waals surface area contributed by atoms with Gasteiger partial charge in [-0.25, -0.2) is 0 Å². The van der Waals surface area contributed by atoms with E-state index in [1.807, 2.05) is 0 Å². The fourth-order valence-electron chi connectivity index (χ4n) is 2.66. The minimum absolute atomic E-state index is 0.775. The molecular weight excluding hydrogens is 252 g/mol. The number of thioether (sulfide) groups is 1. The summed E-state index contributed by atoms with van der Waals surface area (Å²) in [7, 11) is 0. The zero-order chi connectivity index (χ0) is 13.3. The summed E-state index contributed by atoms with van der Waals surface area (Å²) in [5.41, 5.74) is 1.44. The Morgan fingerprint density at radius 1 is 1.26 bits per heavy atom. The molecule has 0 bridgehead atoms. The molecule has 0 aliphatic carbocycles. The molecule has 0 radical (unpaired) electrons. The Balaban J connectivity index is 1.67. The van der Waals surface area contributed by atoms with E-state index in [-0.39, 0.29) is 0 Å². The van der Waals surface area contributed by atoms with Gasteiger partial charge in [-0.05, 0) is 31.5 Å². The molecule has 1 saturated heterocycles. The fourth-order valence-corrected chi connectivity index (χ4v) is 3.60. The average molecular weight is 278 g/mol. The zero-order valence-electron chi connectivity index (χ0n) is 12.0. The van der Waals surface area contributed by atoms with Gasteiger partial charge in [0.25, 0.3) is 0 Å². The number of hydrogen-bond acceptors (Lipinski definition) is 3. The van der Waals surface area contributed by atoms with E-state index in [4.69, 9.17) is 0 Å². The Hall–Kier alpha value is -0.510. The third-order valence-electron chi connectivity index (χ3n) is 3.70. The molecule has 0 aromatic heterocycles. The lowest BCUT2D eigenvalue weighted by Crippen LogP contribution is -2.38. The molecular formula is C16H26N2S. The zero-order valence-corrected chi connectivity index (χ0v) is 12.8. The first-order valence-corrected chi connectivity index (χ1v) is 8.62. The van der Waals surface area contributed by atoms with Crippen LogP contribution in [0.3, 0.4) is 0 Å². The third-order valence-corrected chi connectivity index (χ3v) is 4.70. The van der Waals surface area contributed by atoms with E-state index >= 15 is 0 Å². The summed E-state index contributed by atoms with van der Waals surface area (Å²) >= 11 is 2.06. The van der Waals surface area contributed by atoms with Crippen molar-refractivity contribution in [2.45, 2.75) is 31.6 Å². The van der Waals surface area contributed by atoms with Gasteiger partial charge in [-0.1, -0.05) is 37.3 Å². The Labute approximate surface area is 122 Å². The summed E-state index contributed by atoms with van der Waals surface area (Å²) in [5, 5.41) is 3.48. The van der Waals surface area contributed by atoms with Crippen LogP contribution in [0.4, 0.5) is 0 Å². The smallest absolute Gasteiger partial charge is 0.0233 e. The van der Waals surface area contributed by atoms with E-state index in [1.54, 1.807) is 0 Å². The maximum atomic E-state index is 3.48. The normalized spacial score (nSPS) is 19.2. The number of rotatable bonds is 8. The molecule has 0 amide bonds. The molecule has 1 aliphatic rings. The molecule has 3 heteroatoms. The van der Waals surface area contributed by atoms with Gasteiger partial charge in [-0.3, -0.25) is 4.90 Å². The summed E-state index contributed by atoms with van der Waals surface area (Å²) in [5.74, 6) is 2.38. The van der Waals surface area contributed by atoms with Crippen molar-refractivity contribution >= 4 is 11.8 Å². The first kappa shape index (κ1) is 14.9. The van der Waals surface area contributed by atoms with Gasteiger partial charge in [0.2, 0.25) is 0 Å². The van der Waals surface area contributed by atoms with Crippen molar-refractivity contribution in [2.24, 2.45) is 0 Å². The van der Waals surface area contributed by atoms with Gasteiger partial charge >= 0.3 is 0 Å². The largest absolute Gasteiger partial charge is 0.315 e. The first-order chi connectivity index (χ1) is 9.40. The second-order valence-electron chi connectivity index (χ2n) is 5.22. The molecule has 1 aromatic carbocycles. The fraction of sp³-hybridized carbons (Fsp3) is 0.625. The van der Waals surface area contributed by atoms with Crippen LogP contribution in [0, 0.1) is 0 Å². The monoisotopic (exact) mass is 278 g/mol. The van der Waals surface area contributed by atoms with Crippen LogP contribution in [0.5, 0.6) is 0 Å². The number of hydrogen-bond donors (Lipinski definition) is 1. The van der Waals surface area contributed by atoms with Gasteiger partial charge in [0.15, 0.2) is 0 Å². The molecule has 0 spiro atoms. The number of nitrogens with zero attached hydrogens (tertiary/aromatic N) is 1. The number of nitrogens with one attached hydrogen (secondary N) is 1. The van der Waals surface area contributed by atoms with Gasteiger partial charge in [0.1, 0.15) is 0 Å². The van der Waals surface area contributed by atoms with Gasteiger partial charge in [-0.15, -0.1) is 0 Å². The minimum Gasteiger partial charge on any atom is -0.315 e. The molecule has 2 rings (SSSR count). The topological polar surface area (TPSA) is 15.3 Å². The maximum Gasteiger partial charge on any atom is 0.0233 e. The van der Waals surface area contributed by atoms with Gasteiger partial charge in [0, 0.05) is 30.6 Å². The summed E-state index contributed by atoms with van der Waals surface area (Å²) in [4.78, 5) is 2.68. The molecule has 2 nitrogen and oxygen atoms in total. The summed E-state index contributed by atoms with van der Waals surface area (Å²) in [6.07, 6.45) is 2.59.